The molecule has 156 valence electrons. The average Bonchev–Trinajstić information content (AvgIpc) is 3.45. The van der Waals surface area contributed by atoms with E-state index in [-0.39, 0.29) is 23.8 Å². The topological polar surface area (TPSA) is 64.6 Å². The van der Waals surface area contributed by atoms with Crippen LogP contribution in [0.4, 0.5) is 5.69 Å². The highest BCUT2D eigenvalue weighted by Gasteiger charge is 2.35. The van der Waals surface area contributed by atoms with Crippen LogP contribution in [-0.2, 0) is 27.3 Å². The van der Waals surface area contributed by atoms with Crippen molar-refractivity contribution in [3.05, 3.63) is 39.5 Å². The van der Waals surface area contributed by atoms with E-state index >= 15 is 0 Å². The minimum atomic E-state index is -0.234. The van der Waals surface area contributed by atoms with Crippen molar-refractivity contribution in [2.75, 3.05) is 18.3 Å². The molecule has 1 N–H and O–H groups in total. The predicted molar refractivity (Wildman–Crippen MR) is 116 cm³/mol. The van der Waals surface area contributed by atoms with Crippen molar-refractivity contribution in [2.24, 2.45) is 5.92 Å². The molecule has 0 radical (unpaired) electrons. The molecule has 4 rings (SSSR count). The summed E-state index contributed by atoms with van der Waals surface area (Å²) in [6.45, 7) is 2.52. The number of benzene rings is 1. The first-order valence-corrected chi connectivity index (χ1v) is 11.2. The molecule has 5 nitrogen and oxygen atoms in total. The number of fused-ring (bicyclic) bond motifs is 1. The van der Waals surface area contributed by atoms with Crippen LogP contribution in [0, 0.1) is 12.8 Å². The van der Waals surface area contributed by atoms with Gasteiger partial charge in [-0.05, 0) is 61.6 Å². The summed E-state index contributed by atoms with van der Waals surface area (Å²) >= 11 is 3.99. The van der Waals surface area contributed by atoms with E-state index in [1.165, 1.54) is 47.9 Å². The van der Waals surface area contributed by atoms with Crippen LogP contribution in [0.5, 0.6) is 0 Å². The van der Waals surface area contributed by atoms with Gasteiger partial charge in [0, 0.05) is 12.6 Å². The summed E-state index contributed by atoms with van der Waals surface area (Å²) in [5, 5.41) is 3.32. The number of carbonyl (C=O) groups is 2. The molecule has 1 fully saturated rings. The molecule has 0 saturated heterocycles. The maximum Gasteiger partial charge on any atom is 0.341 e. The van der Waals surface area contributed by atoms with Crippen LogP contribution >= 0.6 is 12.6 Å². The molecule has 29 heavy (non-hydrogen) atoms. The molecule has 1 aliphatic heterocycles. The summed E-state index contributed by atoms with van der Waals surface area (Å²) in [6.07, 6.45) is 9.25. The average molecular weight is 416 g/mol. The molecule has 0 bridgehead atoms. The van der Waals surface area contributed by atoms with Gasteiger partial charge < -0.3 is 14.8 Å². The number of nitrogens with one attached hydrogen (secondary N) is 1. The monoisotopic (exact) mass is 415 g/mol. The van der Waals surface area contributed by atoms with Crippen molar-refractivity contribution in [1.29, 1.82) is 0 Å². The first-order valence-electron chi connectivity index (χ1n) is 10.5. The highest BCUT2D eigenvalue weighted by Crippen LogP contribution is 2.46. The zero-order chi connectivity index (χ0) is 20.5. The molecule has 2 aliphatic carbocycles. The maximum atomic E-state index is 12.5. The van der Waals surface area contributed by atoms with Crippen LogP contribution < -0.4 is 5.32 Å². The molecule has 0 aromatic heterocycles. The van der Waals surface area contributed by atoms with E-state index in [4.69, 9.17) is 9.47 Å². The van der Waals surface area contributed by atoms with Crippen molar-refractivity contribution < 1.29 is 19.1 Å². The van der Waals surface area contributed by atoms with E-state index in [1.54, 1.807) is 0 Å². The standard InChI is InChI=1S/C23H29NO4S/c1-13-18-11-27-23(26)20(18)21(24-2)17(19(13)15-5-3-4-6-15)10-14-7-8-16(9-14)22(25)28-12-29/h7,15-16,24,29H,3-6,8-12H2,1-2H3. The Morgan fingerprint density at radius 2 is 2.10 bits per heavy atom. The Morgan fingerprint density at radius 1 is 1.34 bits per heavy atom. The summed E-state index contributed by atoms with van der Waals surface area (Å²) in [7, 11) is 1.88. The van der Waals surface area contributed by atoms with Gasteiger partial charge in [-0.2, -0.15) is 0 Å². The first kappa shape index (κ1) is 20.3. The number of hydrogen-bond donors (Lipinski definition) is 2. The third kappa shape index (κ3) is 3.67. The third-order valence-electron chi connectivity index (χ3n) is 6.74. The molecular weight excluding hydrogens is 386 g/mol. The summed E-state index contributed by atoms with van der Waals surface area (Å²) < 4.78 is 10.5. The molecule has 1 aromatic carbocycles. The highest BCUT2D eigenvalue weighted by atomic mass is 32.1. The summed E-state index contributed by atoms with van der Waals surface area (Å²) in [6, 6.07) is 0. The largest absolute Gasteiger partial charge is 0.457 e. The van der Waals surface area contributed by atoms with Crippen molar-refractivity contribution in [2.45, 2.75) is 64.4 Å². The number of thiol groups is 1. The van der Waals surface area contributed by atoms with Crippen LogP contribution in [0.15, 0.2) is 11.6 Å². The predicted octanol–water partition coefficient (Wildman–Crippen LogP) is 4.67. The fourth-order valence-electron chi connectivity index (χ4n) is 5.38. The first-order chi connectivity index (χ1) is 14.0. The zero-order valence-corrected chi connectivity index (χ0v) is 18.1. The number of hydrogen-bond acceptors (Lipinski definition) is 6. The van der Waals surface area contributed by atoms with Gasteiger partial charge in [0.2, 0.25) is 0 Å². The molecular formula is C23H29NO4S. The molecule has 1 saturated carbocycles. The van der Waals surface area contributed by atoms with Crippen molar-refractivity contribution in [3.8, 4) is 0 Å². The lowest BCUT2D eigenvalue weighted by Gasteiger charge is -2.25. The molecule has 0 spiro atoms. The van der Waals surface area contributed by atoms with E-state index in [9.17, 15) is 9.59 Å². The Morgan fingerprint density at radius 3 is 2.79 bits per heavy atom. The van der Waals surface area contributed by atoms with Crippen molar-refractivity contribution in [3.63, 3.8) is 0 Å². The van der Waals surface area contributed by atoms with E-state index in [0.29, 0.717) is 30.9 Å². The van der Waals surface area contributed by atoms with Crippen LogP contribution in [-0.4, -0.2) is 24.9 Å². The van der Waals surface area contributed by atoms with E-state index in [2.05, 4.69) is 30.9 Å². The second-order valence-corrected chi connectivity index (χ2v) is 8.58. The number of esters is 2. The number of anilines is 1. The SMILES string of the molecule is CNc1c(CC2=CCC(C(=O)OCS)C2)c(C2CCCC2)c(C)c2c1C(=O)OC2. The number of cyclic esters (lactones) is 1. The van der Waals surface area contributed by atoms with Gasteiger partial charge in [0.05, 0.1) is 17.2 Å². The zero-order valence-electron chi connectivity index (χ0n) is 17.2. The van der Waals surface area contributed by atoms with Crippen LogP contribution in [0.1, 0.15) is 77.1 Å². The molecule has 1 unspecified atom stereocenters. The fourth-order valence-corrected chi connectivity index (χ4v) is 5.51. The minimum absolute atomic E-state index is 0.118. The van der Waals surface area contributed by atoms with Gasteiger partial charge in [-0.15, -0.1) is 12.6 Å². The van der Waals surface area contributed by atoms with Gasteiger partial charge in [-0.3, -0.25) is 4.79 Å². The lowest BCUT2D eigenvalue weighted by molar-refractivity contribution is -0.145. The number of rotatable bonds is 6. The minimum Gasteiger partial charge on any atom is -0.457 e. The summed E-state index contributed by atoms with van der Waals surface area (Å²) in [5.74, 6) is 0.120. The Hall–Kier alpha value is -1.95. The summed E-state index contributed by atoms with van der Waals surface area (Å²) in [5.41, 5.74) is 7.73. The second kappa shape index (κ2) is 8.42. The molecule has 1 aromatic rings. The Kier molecular flexibility index (Phi) is 5.91. The fraction of sp³-hybridized carbons (Fsp3) is 0.565. The van der Waals surface area contributed by atoms with Crippen molar-refractivity contribution in [1.82, 2.24) is 0 Å². The van der Waals surface area contributed by atoms with Crippen LogP contribution in [0.25, 0.3) is 0 Å². The van der Waals surface area contributed by atoms with Gasteiger partial charge in [0.15, 0.2) is 0 Å². The van der Waals surface area contributed by atoms with Gasteiger partial charge in [-0.1, -0.05) is 24.5 Å². The Balaban J connectivity index is 1.72. The number of allylic oxidation sites excluding steroid dienone is 2. The van der Waals surface area contributed by atoms with Gasteiger partial charge in [-0.25, -0.2) is 4.79 Å². The molecule has 6 heteroatoms. The molecule has 1 heterocycles. The quantitative estimate of drug-likeness (QED) is 0.306. The van der Waals surface area contributed by atoms with Gasteiger partial charge >= 0.3 is 11.9 Å². The normalized spacial score (nSPS) is 21.1. The van der Waals surface area contributed by atoms with Gasteiger partial charge in [0.25, 0.3) is 0 Å². The lowest BCUT2D eigenvalue weighted by Crippen LogP contribution is -2.15. The van der Waals surface area contributed by atoms with E-state index in [1.807, 2.05) is 7.05 Å². The highest BCUT2D eigenvalue weighted by molar-refractivity contribution is 7.80. The third-order valence-corrected chi connectivity index (χ3v) is 6.87. The maximum absolute atomic E-state index is 12.5. The molecule has 3 aliphatic rings. The van der Waals surface area contributed by atoms with Crippen molar-refractivity contribution >= 4 is 30.3 Å². The van der Waals surface area contributed by atoms with Crippen LogP contribution in [0.2, 0.25) is 0 Å². The van der Waals surface area contributed by atoms with E-state index in [0.717, 1.165) is 17.7 Å². The molecule has 0 amide bonds. The summed E-state index contributed by atoms with van der Waals surface area (Å²) in [4.78, 5) is 24.6. The lowest BCUT2D eigenvalue weighted by atomic mass is 9.81. The number of ether oxygens (including phenoxy) is 2. The van der Waals surface area contributed by atoms with E-state index < -0.39 is 0 Å². The van der Waals surface area contributed by atoms with Crippen LogP contribution in [0.3, 0.4) is 0 Å². The van der Waals surface area contributed by atoms with Gasteiger partial charge in [0.1, 0.15) is 12.5 Å². The molecule has 1 atom stereocenters. The Bertz CT molecular complexity index is 870. The number of carbonyl (C=O) groups excluding carboxylic acids is 2. The Labute approximate surface area is 177 Å². The second-order valence-electron chi connectivity index (χ2n) is 8.32. The smallest absolute Gasteiger partial charge is 0.341 e.